The molecule has 3 aromatic rings. The number of anilines is 3. The van der Waals surface area contributed by atoms with Gasteiger partial charge in [0.05, 0.1) is 11.9 Å². The average molecular weight is 367 g/mol. The second-order valence-electron chi connectivity index (χ2n) is 6.07. The van der Waals surface area contributed by atoms with Crippen LogP contribution >= 0.6 is 0 Å². The van der Waals surface area contributed by atoms with Gasteiger partial charge in [0.1, 0.15) is 5.82 Å². The van der Waals surface area contributed by atoms with Gasteiger partial charge in [-0.2, -0.15) is 0 Å². The van der Waals surface area contributed by atoms with Crippen molar-refractivity contribution in [3.8, 4) is 0 Å². The van der Waals surface area contributed by atoms with Crippen LogP contribution < -0.4 is 10.2 Å². The molecule has 138 valence electrons. The van der Waals surface area contributed by atoms with E-state index in [1.54, 1.807) is 12.1 Å². The van der Waals surface area contributed by atoms with Crippen molar-refractivity contribution in [3.05, 3.63) is 83.6 Å². The molecule has 6 heteroatoms. The highest BCUT2D eigenvalue weighted by Crippen LogP contribution is 2.25. The Hall–Kier alpha value is -3.28. The van der Waals surface area contributed by atoms with Crippen LogP contribution in [0.3, 0.4) is 0 Å². The SMILES string of the molecule is CCN(c1cccc(C)c1)c1ccc(NC(=O)c2ccc(F)c(F)c2)cn1. The Labute approximate surface area is 156 Å². The van der Waals surface area contributed by atoms with E-state index in [4.69, 9.17) is 0 Å². The summed E-state index contributed by atoms with van der Waals surface area (Å²) in [6.45, 7) is 4.79. The zero-order valence-corrected chi connectivity index (χ0v) is 15.0. The zero-order valence-electron chi connectivity index (χ0n) is 15.0. The third-order valence-electron chi connectivity index (χ3n) is 4.09. The summed E-state index contributed by atoms with van der Waals surface area (Å²) in [4.78, 5) is 18.6. The predicted octanol–water partition coefficient (Wildman–Crippen LogP) is 5.08. The summed E-state index contributed by atoms with van der Waals surface area (Å²) in [5.41, 5.74) is 2.69. The first-order valence-corrected chi connectivity index (χ1v) is 8.54. The third kappa shape index (κ3) is 4.28. The summed E-state index contributed by atoms with van der Waals surface area (Å²) in [6, 6.07) is 14.6. The van der Waals surface area contributed by atoms with Gasteiger partial charge in [-0.3, -0.25) is 4.79 Å². The first-order chi connectivity index (χ1) is 13.0. The number of nitrogens with one attached hydrogen (secondary N) is 1. The molecule has 0 spiro atoms. The summed E-state index contributed by atoms with van der Waals surface area (Å²) in [5, 5.41) is 2.63. The van der Waals surface area contributed by atoms with E-state index in [0.29, 0.717) is 5.69 Å². The first-order valence-electron chi connectivity index (χ1n) is 8.54. The van der Waals surface area contributed by atoms with Crippen LogP contribution in [0.15, 0.2) is 60.8 Å². The second kappa shape index (κ2) is 7.95. The number of pyridine rings is 1. The van der Waals surface area contributed by atoms with Crippen molar-refractivity contribution in [1.29, 1.82) is 0 Å². The molecule has 0 saturated carbocycles. The van der Waals surface area contributed by atoms with Crippen molar-refractivity contribution < 1.29 is 13.6 Å². The van der Waals surface area contributed by atoms with E-state index in [0.717, 1.165) is 35.7 Å². The minimum Gasteiger partial charge on any atom is -0.327 e. The summed E-state index contributed by atoms with van der Waals surface area (Å²) in [6.07, 6.45) is 1.53. The Morgan fingerprint density at radius 2 is 1.89 bits per heavy atom. The van der Waals surface area contributed by atoms with Gasteiger partial charge in [-0.25, -0.2) is 13.8 Å². The van der Waals surface area contributed by atoms with E-state index in [1.807, 2.05) is 36.9 Å². The van der Waals surface area contributed by atoms with E-state index in [9.17, 15) is 13.6 Å². The van der Waals surface area contributed by atoms with Crippen LogP contribution in [0.25, 0.3) is 0 Å². The molecular weight excluding hydrogens is 348 g/mol. The molecule has 1 N–H and O–H groups in total. The number of carbonyl (C=O) groups excluding carboxylic acids is 1. The van der Waals surface area contributed by atoms with E-state index < -0.39 is 17.5 Å². The predicted molar refractivity (Wildman–Crippen MR) is 102 cm³/mol. The molecule has 1 heterocycles. The largest absolute Gasteiger partial charge is 0.327 e. The summed E-state index contributed by atoms with van der Waals surface area (Å²) in [7, 11) is 0. The average Bonchev–Trinajstić information content (AvgIpc) is 2.66. The number of halogens is 2. The molecule has 0 aliphatic heterocycles. The molecule has 0 aliphatic rings. The lowest BCUT2D eigenvalue weighted by atomic mass is 10.2. The number of hydrogen-bond acceptors (Lipinski definition) is 3. The monoisotopic (exact) mass is 367 g/mol. The number of aromatic nitrogens is 1. The fourth-order valence-electron chi connectivity index (χ4n) is 2.73. The normalized spacial score (nSPS) is 10.5. The summed E-state index contributed by atoms with van der Waals surface area (Å²) in [5.74, 6) is -1.84. The molecular formula is C21H19F2N3O. The van der Waals surface area contributed by atoms with Gasteiger partial charge in [-0.15, -0.1) is 0 Å². The summed E-state index contributed by atoms with van der Waals surface area (Å²) < 4.78 is 26.3. The van der Waals surface area contributed by atoms with E-state index in [1.165, 1.54) is 12.3 Å². The van der Waals surface area contributed by atoms with E-state index >= 15 is 0 Å². The van der Waals surface area contributed by atoms with Gasteiger partial charge in [-0.1, -0.05) is 12.1 Å². The van der Waals surface area contributed by atoms with Gasteiger partial charge in [0.15, 0.2) is 11.6 Å². The molecule has 3 rings (SSSR count). The molecule has 0 saturated heterocycles. The number of benzene rings is 2. The van der Waals surface area contributed by atoms with Gasteiger partial charge < -0.3 is 10.2 Å². The maximum Gasteiger partial charge on any atom is 0.255 e. The van der Waals surface area contributed by atoms with Crippen LogP contribution in [0.2, 0.25) is 0 Å². The van der Waals surface area contributed by atoms with Gasteiger partial charge in [0.25, 0.3) is 5.91 Å². The Balaban J connectivity index is 1.76. The quantitative estimate of drug-likeness (QED) is 0.684. The highest BCUT2D eigenvalue weighted by Gasteiger charge is 2.12. The Bertz CT molecular complexity index is 958. The molecule has 0 unspecified atom stereocenters. The molecule has 27 heavy (non-hydrogen) atoms. The third-order valence-corrected chi connectivity index (χ3v) is 4.09. The molecule has 0 bridgehead atoms. The van der Waals surface area contributed by atoms with Crippen LogP contribution in [-0.2, 0) is 0 Å². The van der Waals surface area contributed by atoms with Crippen LogP contribution in [0.5, 0.6) is 0 Å². The molecule has 0 fully saturated rings. The lowest BCUT2D eigenvalue weighted by Crippen LogP contribution is -2.18. The van der Waals surface area contributed by atoms with Crippen LogP contribution in [0, 0.1) is 18.6 Å². The Morgan fingerprint density at radius 3 is 2.52 bits per heavy atom. The molecule has 0 atom stereocenters. The highest BCUT2D eigenvalue weighted by molar-refractivity contribution is 6.04. The lowest BCUT2D eigenvalue weighted by molar-refractivity contribution is 0.102. The highest BCUT2D eigenvalue weighted by atomic mass is 19.2. The number of aryl methyl sites for hydroxylation is 1. The van der Waals surface area contributed by atoms with Crippen molar-refractivity contribution in [3.63, 3.8) is 0 Å². The standard InChI is InChI=1S/C21H19F2N3O/c1-3-26(17-6-4-5-14(2)11-17)20-10-8-16(13-24-20)25-21(27)15-7-9-18(22)19(23)12-15/h4-13H,3H2,1-2H3,(H,25,27). The van der Waals surface area contributed by atoms with Gasteiger partial charge >= 0.3 is 0 Å². The number of nitrogens with zero attached hydrogens (tertiary/aromatic N) is 2. The molecule has 4 nitrogen and oxygen atoms in total. The molecule has 2 aromatic carbocycles. The van der Waals surface area contributed by atoms with Crippen LogP contribution in [0.1, 0.15) is 22.8 Å². The van der Waals surface area contributed by atoms with Gasteiger partial charge in [-0.05, 0) is 61.9 Å². The van der Waals surface area contributed by atoms with Crippen LogP contribution in [-0.4, -0.2) is 17.4 Å². The molecule has 0 radical (unpaired) electrons. The smallest absolute Gasteiger partial charge is 0.255 e. The number of carbonyl (C=O) groups is 1. The number of rotatable bonds is 5. The molecule has 0 aliphatic carbocycles. The maximum atomic E-state index is 13.3. The molecule has 1 amide bonds. The zero-order chi connectivity index (χ0) is 19.4. The fourth-order valence-corrected chi connectivity index (χ4v) is 2.73. The fraction of sp³-hybridized carbons (Fsp3) is 0.143. The van der Waals surface area contributed by atoms with Crippen molar-refractivity contribution in [1.82, 2.24) is 4.98 Å². The second-order valence-corrected chi connectivity index (χ2v) is 6.07. The molecule has 1 aromatic heterocycles. The minimum absolute atomic E-state index is 0.0351. The van der Waals surface area contributed by atoms with Gasteiger partial charge in [0.2, 0.25) is 0 Å². The van der Waals surface area contributed by atoms with Crippen molar-refractivity contribution in [2.24, 2.45) is 0 Å². The summed E-state index contributed by atoms with van der Waals surface area (Å²) >= 11 is 0. The number of amides is 1. The Kier molecular flexibility index (Phi) is 5.45. The van der Waals surface area contributed by atoms with Crippen molar-refractivity contribution >= 4 is 23.1 Å². The Morgan fingerprint density at radius 1 is 1.07 bits per heavy atom. The minimum atomic E-state index is -1.06. The lowest BCUT2D eigenvalue weighted by Gasteiger charge is -2.22. The van der Waals surface area contributed by atoms with E-state index in [-0.39, 0.29) is 5.56 Å². The number of hydrogen-bond donors (Lipinski definition) is 1. The van der Waals surface area contributed by atoms with Crippen LogP contribution in [0.4, 0.5) is 26.0 Å². The maximum absolute atomic E-state index is 13.3. The topological polar surface area (TPSA) is 45.2 Å². The van der Waals surface area contributed by atoms with Crippen molar-refractivity contribution in [2.75, 3.05) is 16.8 Å². The first kappa shape index (κ1) is 18.5. The van der Waals surface area contributed by atoms with E-state index in [2.05, 4.69) is 16.4 Å². The van der Waals surface area contributed by atoms with Gasteiger partial charge in [0, 0.05) is 17.8 Å². The van der Waals surface area contributed by atoms with Crippen molar-refractivity contribution in [2.45, 2.75) is 13.8 Å².